The van der Waals surface area contributed by atoms with Gasteiger partial charge in [-0.15, -0.1) is 19.7 Å². The van der Waals surface area contributed by atoms with Crippen molar-refractivity contribution >= 4 is 29.6 Å². The number of rotatable bonds is 0. The van der Waals surface area contributed by atoms with Gasteiger partial charge in [-0.1, -0.05) is 6.08 Å². The summed E-state index contributed by atoms with van der Waals surface area (Å²) in [5.41, 5.74) is 0. The fourth-order valence-electron chi connectivity index (χ4n) is 0. The molecule has 0 aromatic heterocycles. The predicted molar refractivity (Wildman–Crippen MR) is 32.9 cm³/mol. The van der Waals surface area contributed by atoms with Crippen molar-refractivity contribution in [1.29, 1.82) is 0 Å². The first-order valence-corrected chi connectivity index (χ1v) is 1.49. The first-order valence-electron chi connectivity index (χ1n) is 1.49. The van der Waals surface area contributed by atoms with Crippen molar-refractivity contribution in [3.63, 3.8) is 0 Å². The Morgan fingerprint density at radius 3 is 1.33 bits per heavy atom. The first kappa shape index (κ1) is 16.1. The molecule has 0 rings (SSSR count). The van der Waals surface area contributed by atoms with E-state index in [0.29, 0.717) is 0 Å². The van der Waals surface area contributed by atoms with E-state index < -0.39 is 0 Å². The maximum atomic E-state index is 3.36. The molecule has 0 bridgehead atoms. The van der Waals surface area contributed by atoms with Gasteiger partial charge in [-0.05, 0) is 6.92 Å². The van der Waals surface area contributed by atoms with Gasteiger partial charge in [0.05, 0.1) is 0 Å². The van der Waals surface area contributed by atoms with E-state index in [2.05, 4.69) is 19.7 Å². The Morgan fingerprint density at radius 1 is 1.33 bits per heavy atom. The molecule has 0 fully saturated rings. The molecular formula is C5H10Na. The van der Waals surface area contributed by atoms with Crippen LogP contribution in [0.15, 0.2) is 25.8 Å². The molecule has 0 saturated carbocycles. The second-order valence-electron chi connectivity index (χ2n) is 0.408. The van der Waals surface area contributed by atoms with Gasteiger partial charge in [-0.2, -0.15) is 0 Å². The summed E-state index contributed by atoms with van der Waals surface area (Å²) in [7, 11) is 0. The SMILES string of the molecule is C=C.C=CC.[Na]. The van der Waals surface area contributed by atoms with Crippen LogP contribution in [0, 0.1) is 0 Å². The molecule has 0 N–H and O–H groups in total. The van der Waals surface area contributed by atoms with Crippen LogP contribution in [-0.2, 0) is 0 Å². The topological polar surface area (TPSA) is 0 Å². The second-order valence-corrected chi connectivity index (χ2v) is 0.408. The van der Waals surface area contributed by atoms with E-state index >= 15 is 0 Å². The second kappa shape index (κ2) is 50.2. The summed E-state index contributed by atoms with van der Waals surface area (Å²) in [4.78, 5) is 0. The predicted octanol–water partition coefficient (Wildman–Crippen LogP) is 1.61. The molecule has 0 unspecified atom stereocenters. The van der Waals surface area contributed by atoms with E-state index in [9.17, 15) is 0 Å². The molecule has 0 aliphatic rings. The molecule has 0 nitrogen and oxygen atoms in total. The van der Waals surface area contributed by atoms with Crippen molar-refractivity contribution in [3.05, 3.63) is 25.8 Å². The zero-order valence-electron chi connectivity index (χ0n) is 4.70. The number of allylic oxidation sites excluding steroid dienone is 1. The molecule has 0 aliphatic heterocycles. The van der Waals surface area contributed by atoms with E-state index in [-0.39, 0.29) is 29.6 Å². The summed E-state index contributed by atoms with van der Waals surface area (Å²) in [6.45, 7) is 11.2. The molecule has 1 radical (unpaired) electrons. The molecule has 0 aromatic rings. The first-order chi connectivity index (χ1) is 2.41. The summed E-state index contributed by atoms with van der Waals surface area (Å²) < 4.78 is 0. The minimum atomic E-state index is 0. The summed E-state index contributed by atoms with van der Waals surface area (Å²) in [5, 5.41) is 0. The van der Waals surface area contributed by atoms with E-state index in [1.807, 2.05) is 6.92 Å². The van der Waals surface area contributed by atoms with Crippen LogP contribution in [0.4, 0.5) is 0 Å². The van der Waals surface area contributed by atoms with E-state index in [4.69, 9.17) is 0 Å². The molecule has 0 amide bonds. The third-order valence-corrected chi connectivity index (χ3v) is 0. The fraction of sp³-hybridized carbons (Fsp3) is 0.200. The van der Waals surface area contributed by atoms with Crippen LogP contribution in [0.3, 0.4) is 0 Å². The maximum Gasteiger partial charge on any atom is 0 e. The minimum Gasteiger partial charge on any atom is -0.106 e. The van der Waals surface area contributed by atoms with Gasteiger partial charge < -0.3 is 0 Å². The van der Waals surface area contributed by atoms with Crippen LogP contribution in [-0.4, -0.2) is 29.6 Å². The van der Waals surface area contributed by atoms with E-state index in [1.54, 1.807) is 6.08 Å². The molecule has 0 heterocycles. The molecule has 0 saturated heterocycles. The van der Waals surface area contributed by atoms with Crippen molar-refractivity contribution < 1.29 is 0 Å². The summed E-state index contributed by atoms with van der Waals surface area (Å²) in [5.74, 6) is 0. The molecule has 1 heteroatoms. The average molecular weight is 93.1 g/mol. The number of hydrogen-bond acceptors (Lipinski definition) is 0. The van der Waals surface area contributed by atoms with Gasteiger partial charge in [0, 0.05) is 29.6 Å². The van der Waals surface area contributed by atoms with Crippen LogP contribution >= 0.6 is 0 Å². The Labute approximate surface area is 62.2 Å². The van der Waals surface area contributed by atoms with Gasteiger partial charge in [0.1, 0.15) is 0 Å². The third-order valence-electron chi connectivity index (χ3n) is 0. The van der Waals surface area contributed by atoms with Gasteiger partial charge in [-0.25, -0.2) is 0 Å². The summed E-state index contributed by atoms with van der Waals surface area (Å²) in [6, 6.07) is 0. The summed E-state index contributed by atoms with van der Waals surface area (Å²) in [6.07, 6.45) is 1.75. The zero-order chi connectivity index (χ0) is 4.71. The van der Waals surface area contributed by atoms with E-state index in [1.165, 1.54) is 0 Å². The molecule has 0 spiro atoms. The van der Waals surface area contributed by atoms with Crippen molar-refractivity contribution in [2.75, 3.05) is 0 Å². The normalized spacial score (nSPS) is 2.83. The Hall–Kier alpha value is 0.480. The Morgan fingerprint density at radius 2 is 1.33 bits per heavy atom. The van der Waals surface area contributed by atoms with Gasteiger partial charge in [-0.3, -0.25) is 0 Å². The van der Waals surface area contributed by atoms with E-state index in [0.717, 1.165) is 0 Å². The minimum absolute atomic E-state index is 0. The third kappa shape index (κ3) is 235. The van der Waals surface area contributed by atoms with Gasteiger partial charge >= 0.3 is 0 Å². The molecule has 31 valence electrons. The van der Waals surface area contributed by atoms with Gasteiger partial charge in [0.25, 0.3) is 0 Å². The Kier molecular flexibility index (Phi) is 134. The van der Waals surface area contributed by atoms with Gasteiger partial charge in [0.15, 0.2) is 0 Å². The van der Waals surface area contributed by atoms with Crippen LogP contribution < -0.4 is 0 Å². The van der Waals surface area contributed by atoms with Crippen molar-refractivity contribution in [3.8, 4) is 0 Å². The molecular weight excluding hydrogens is 83.0 g/mol. The summed E-state index contributed by atoms with van der Waals surface area (Å²) >= 11 is 0. The largest absolute Gasteiger partial charge is 0.106 e. The smallest absolute Gasteiger partial charge is 0 e. The van der Waals surface area contributed by atoms with Crippen molar-refractivity contribution in [2.24, 2.45) is 0 Å². The van der Waals surface area contributed by atoms with Crippen molar-refractivity contribution in [2.45, 2.75) is 6.92 Å². The standard InChI is InChI=1S/C3H6.C2H4.Na/c1-3-2;1-2;/h3H,1H2,2H3;1-2H2;. The number of hydrogen-bond donors (Lipinski definition) is 0. The average Bonchev–Trinajstić information content (AvgIpc) is 1.46. The van der Waals surface area contributed by atoms with Crippen LogP contribution in [0.5, 0.6) is 0 Å². The van der Waals surface area contributed by atoms with Crippen LogP contribution in [0.1, 0.15) is 6.92 Å². The van der Waals surface area contributed by atoms with Gasteiger partial charge in [0.2, 0.25) is 0 Å². The fourth-order valence-corrected chi connectivity index (χ4v) is 0. The zero-order valence-corrected chi connectivity index (χ0v) is 6.70. The Bertz CT molecular complexity index is 17.9. The quantitative estimate of drug-likeness (QED) is 0.315. The Balaban J connectivity index is -0.0000000275. The molecule has 0 aromatic carbocycles. The molecule has 0 atom stereocenters. The van der Waals surface area contributed by atoms with Crippen molar-refractivity contribution in [1.82, 2.24) is 0 Å². The van der Waals surface area contributed by atoms with Crippen LogP contribution in [0.2, 0.25) is 0 Å². The molecule has 6 heavy (non-hydrogen) atoms. The molecule has 0 aliphatic carbocycles. The monoisotopic (exact) mass is 93.1 g/mol. The van der Waals surface area contributed by atoms with Crippen LogP contribution in [0.25, 0.3) is 0 Å². The maximum absolute atomic E-state index is 3.36.